The molecule has 1 atom stereocenters. The van der Waals surface area contributed by atoms with Crippen LogP contribution in [0, 0.1) is 22.7 Å². The predicted molar refractivity (Wildman–Crippen MR) is 270 cm³/mol. The van der Waals surface area contributed by atoms with Crippen LogP contribution < -0.4 is 4.74 Å². The molecule has 0 fully saturated rings. The minimum Gasteiger partial charge on any atom is -0.457 e. The van der Waals surface area contributed by atoms with Crippen LogP contribution in [0.25, 0.3) is 93.9 Å². The van der Waals surface area contributed by atoms with Crippen LogP contribution in [0.15, 0.2) is 195 Å². The molecule has 1 spiro atoms. The van der Waals surface area contributed by atoms with Crippen molar-refractivity contribution in [3.8, 4) is 52.1 Å². The summed E-state index contributed by atoms with van der Waals surface area (Å²) in [5, 5.41) is 26.3. The highest BCUT2D eigenvalue weighted by Gasteiger charge is 2.54. The first-order valence-corrected chi connectivity index (χ1v) is 22.8. The first kappa shape index (κ1) is 37.4. The van der Waals surface area contributed by atoms with Crippen LogP contribution in [0.2, 0.25) is 0 Å². The molecular formula is C60H32N8O. The van der Waals surface area contributed by atoms with Crippen molar-refractivity contribution in [2.45, 2.75) is 5.41 Å². The molecule has 0 bridgehead atoms. The van der Waals surface area contributed by atoms with Crippen LogP contribution in [-0.4, -0.2) is 28.7 Å². The van der Waals surface area contributed by atoms with Crippen molar-refractivity contribution < 1.29 is 4.74 Å². The number of benzene rings is 7. The first-order chi connectivity index (χ1) is 34.1. The van der Waals surface area contributed by atoms with E-state index in [9.17, 15) is 10.5 Å². The molecule has 1 aliphatic carbocycles. The zero-order valence-corrected chi connectivity index (χ0v) is 36.5. The molecule has 15 rings (SSSR count). The van der Waals surface area contributed by atoms with Gasteiger partial charge >= 0.3 is 0 Å². The second-order valence-electron chi connectivity index (χ2n) is 17.8. The molecule has 1 aliphatic heterocycles. The SMILES string of the molecule is N#Cc1ccc2c(c1)c1ccccc1n2-c1ccc2c(c1)Oc1cccc(-n3c4ccccc4c4cc(C#N)ccc43)c1C21c2cccnc2-c2ncc(-n3c4ccccc4c4ccncc43)cc21. The maximum atomic E-state index is 10.1. The zero-order chi connectivity index (χ0) is 45.5. The average Bonchev–Trinajstić information content (AvgIpc) is 4.12. The zero-order valence-electron chi connectivity index (χ0n) is 36.5. The Morgan fingerprint density at radius 1 is 0.420 bits per heavy atom. The fraction of sp³-hybridized carbons (Fsp3) is 0.0167. The highest BCUT2D eigenvalue weighted by Crippen LogP contribution is 2.63. The van der Waals surface area contributed by atoms with E-state index < -0.39 is 5.41 Å². The number of pyridine rings is 3. The summed E-state index contributed by atoms with van der Waals surface area (Å²) < 4.78 is 14.2. The van der Waals surface area contributed by atoms with Gasteiger partial charge in [0.25, 0.3) is 0 Å². The Kier molecular flexibility index (Phi) is 7.38. The van der Waals surface area contributed by atoms with Crippen LogP contribution in [0.3, 0.4) is 0 Å². The van der Waals surface area contributed by atoms with Gasteiger partial charge in [0.15, 0.2) is 0 Å². The van der Waals surface area contributed by atoms with Crippen molar-refractivity contribution in [1.82, 2.24) is 28.7 Å². The van der Waals surface area contributed by atoms with Gasteiger partial charge in [-0.3, -0.25) is 15.0 Å². The van der Waals surface area contributed by atoms with E-state index in [1.165, 1.54) is 0 Å². The van der Waals surface area contributed by atoms with Gasteiger partial charge in [-0.05, 0) is 96.6 Å². The summed E-state index contributed by atoms with van der Waals surface area (Å²) in [6.45, 7) is 0. The van der Waals surface area contributed by atoms with Gasteiger partial charge in [-0.25, -0.2) is 0 Å². The average molecular weight is 881 g/mol. The molecule has 1 unspecified atom stereocenters. The molecule has 0 amide bonds. The second kappa shape index (κ2) is 13.6. The number of aromatic nitrogens is 6. The molecule has 69 heavy (non-hydrogen) atoms. The normalized spacial score (nSPS) is 14.5. The smallest absolute Gasteiger partial charge is 0.134 e. The Morgan fingerprint density at radius 2 is 1.04 bits per heavy atom. The Hall–Kier alpha value is -9.83. The van der Waals surface area contributed by atoms with E-state index in [0.717, 1.165) is 116 Å². The van der Waals surface area contributed by atoms with Gasteiger partial charge < -0.3 is 18.4 Å². The highest BCUT2D eigenvalue weighted by molar-refractivity contribution is 6.12. The minimum atomic E-state index is -1.01. The topological polar surface area (TPSA) is 110 Å². The second-order valence-corrected chi connectivity index (χ2v) is 17.8. The van der Waals surface area contributed by atoms with Gasteiger partial charge in [0, 0.05) is 73.2 Å². The van der Waals surface area contributed by atoms with Crippen molar-refractivity contribution in [1.29, 1.82) is 10.5 Å². The quantitative estimate of drug-likeness (QED) is 0.175. The van der Waals surface area contributed by atoms with Crippen LogP contribution in [0.4, 0.5) is 0 Å². The lowest BCUT2D eigenvalue weighted by Crippen LogP contribution is -2.34. The van der Waals surface area contributed by atoms with Crippen LogP contribution in [0.5, 0.6) is 11.5 Å². The van der Waals surface area contributed by atoms with Crippen LogP contribution in [-0.2, 0) is 5.41 Å². The molecule has 0 radical (unpaired) electrons. The lowest BCUT2D eigenvalue weighted by atomic mass is 9.65. The van der Waals surface area contributed by atoms with Crippen molar-refractivity contribution >= 4 is 65.4 Å². The maximum absolute atomic E-state index is 10.1. The summed E-state index contributed by atoms with van der Waals surface area (Å²) >= 11 is 0. The third-order valence-corrected chi connectivity index (χ3v) is 14.5. The van der Waals surface area contributed by atoms with Crippen molar-refractivity contribution in [3.05, 3.63) is 228 Å². The Labute approximate surface area is 393 Å². The van der Waals surface area contributed by atoms with E-state index >= 15 is 0 Å². The van der Waals surface area contributed by atoms with Gasteiger partial charge in [-0.2, -0.15) is 10.5 Å². The molecule has 9 heteroatoms. The summed E-state index contributed by atoms with van der Waals surface area (Å²) in [5.41, 5.74) is 14.4. The Morgan fingerprint density at radius 3 is 1.77 bits per heavy atom. The van der Waals surface area contributed by atoms with E-state index in [-0.39, 0.29) is 0 Å². The maximum Gasteiger partial charge on any atom is 0.134 e. The number of hydrogen-bond acceptors (Lipinski definition) is 6. The monoisotopic (exact) mass is 880 g/mol. The molecule has 9 nitrogen and oxygen atoms in total. The van der Waals surface area contributed by atoms with Gasteiger partial charge in [0.1, 0.15) is 11.5 Å². The molecule has 13 aromatic rings. The molecule has 318 valence electrons. The number of ether oxygens (including phenoxy) is 1. The lowest BCUT2D eigenvalue weighted by molar-refractivity contribution is 0.435. The standard InChI is InChI=1S/C60H32N8O/c61-31-35-18-22-51-43(27-35)40-10-2-5-14-49(40)66(51)37-20-21-45-56(30-37)69-55-17-7-16-53(68-50-15-6-3-11-41(50)44-28-36(32-62)19-23-52(44)68)57(55)60(45)46-12-8-25-64-58(46)59-47(60)29-38(33-65-59)67-48-13-4-1-9-39(48)42-24-26-63-34-54(42)67/h1-30,33-34H. The number of nitriles is 2. The third kappa shape index (κ3) is 4.82. The fourth-order valence-corrected chi connectivity index (χ4v) is 11.8. The largest absolute Gasteiger partial charge is 0.457 e. The molecule has 2 aliphatic rings. The summed E-state index contributed by atoms with van der Waals surface area (Å²) in [6, 6.07) is 63.3. The van der Waals surface area contributed by atoms with Crippen LogP contribution in [0.1, 0.15) is 33.4 Å². The lowest BCUT2D eigenvalue weighted by Gasteiger charge is -2.40. The third-order valence-electron chi connectivity index (χ3n) is 14.5. The molecule has 0 saturated heterocycles. The van der Waals surface area contributed by atoms with E-state index in [1.807, 2.05) is 67.3 Å². The predicted octanol–water partition coefficient (Wildman–Crippen LogP) is 13.4. The highest BCUT2D eigenvalue weighted by atomic mass is 16.5. The summed E-state index contributed by atoms with van der Waals surface area (Å²) in [4.78, 5) is 15.2. The van der Waals surface area contributed by atoms with E-state index in [0.29, 0.717) is 22.6 Å². The Bertz CT molecular complexity index is 4470. The Balaban J connectivity index is 1.08. The summed E-state index contributed by atoms with van der Waals surface area (Å²) in [7, 11) is 0. The van der Waals surface area contributed by atoms with Gasteiger partial charge in [0.2, 0.25) is 0 Å². The molecule has 0 saturated carbocycles. The van der Waals surface area contributed by atoms with Gasteiger partial charge in [0.05, 0.1) is 96.9 Å². The summed E-state index contributed by atoms with van der Waals surface area (Å²) in [5.74, 6) is 1.40. The number of hydrogen-bond donors (Lipinski definition) is 0. The van der Waals surface area contributed by atoms with Gasteiger partial charge in [-0.1, -0.05) is 72.8 Å². The number of rotatable bonds is 3. The number of fused-ring (bicyclic) bond motifs is 18. The van der Waals surface area contributed by atoms with Crippen LogP contribution >= 0.6 is 0 Å². The van der Waals surface area contributed by atoms with E-state index in [2.05, 4.69) is 158 Å². The van der Waals surface area contributed by atoms with E-state index in [4.69, 9.17) is 14.7 Å². The number of nitrogens with zero attached hydrogens (tertiary/aromatic N) is 8. The number of para-hydroxylation sites is 3. The van der Waals surface area contributed by atoms with Crippen molar-refractivity contribution in [2.24, 2.45) is 0 Å². The molecule has 0 N–H and O–H groups in total. The first-order valence-electron chi connectivity index (χ1n) is 22.8. The molecular weight excluding hydrogens is 849 g/mol. The van der Waals surface area contributed by atoms with Crippen molar-refractivity contribution in [2.75, 3.05) is 0 Å². The molecule has 7 heterocycles. The van der Waals surface area contributed by atoms with Crippen molar-refractivity contribution in [3.63, 3.8) is 0 Å². The van der Waals surface area contributed by atoms with E-state index in [1.54, 1.807) is 0 Å². The molecule has 6 aromatic heterocycles. The molecule has 7 aromatic carbocycles. The minimum absolute atomic E-state index is 0.599. The fourth-order valence-electron chi connectivity index (χ4n) is 11.8. The van der Waals surface area contributed by atoms with Gasteiger partial charge in [-0.15, -0.1) is 0 Å². The summed E-state index contributed by atoms with van der Waals surface area (Å²) in [6.07, 6.45) is 7.60.